The summed E-state index contributed by atoms with van der Waals surface area (Å²) in [5, 5.41) is 3.50. The number of nitrogens with one attached hydrogen (secondary N) is 1. The number of aryl methyl sites for hydroxylation is 1. The fourth-order valence-corrected chi connectivity index (χ4v) is 3.44. The molecule has 3 heteroatoms. The van der Waals surface area contributed by atoms with E-state index in [2.05, 4.69) is 12.2 Å². The van der Waals surface area contributed by atoms with Crippen molar-refractivity contribution in [3.8, 4) is 0 Å². The zero-order valence-corrected chi connectivity index (χ0v) is 13.3. The van der Waals surface area contributed by atoms with Crippen molar-refractivity contribution < 1.29 is 9.13 Å². The molecule has 0 bridgehead atoms. The maximum Gasteiger partial charge on any atom is 0.123 e. The first-order valence-electron chi connectivity index (χ1n) is 8.15. The zero-order chi connectivity index (χ0) is 15.1. The van der Waals surface area contributed by atoms with Crippen LogP contribution in [0.5, 0.6) is 0 Å². The molecule has 118 valence electrons. The quantitative estimate of drug-likeness (QED) is 0.738. The average molecular weight is 293 g/mol. The van der Waals surface area contributed by atoms with Crippen LogP contribution in [-0.2, 0) is 11.2 Å². The molecule has 1 unspecified atom stereocenters. The van der Waals surface area contributed by atoms with E-state index in [-0.39, 0.29) is 5.82 Å². The molecule has 0 aliphatic heterocycles. The van der Waals surface area contributed by atoms with Crippen molar-refractivity contribution >= 4 is 0 Å². The van der Waals surface area contributed by atoms with E-state index >= 15 is 0 Å². The van der Waals surface area contributed by atoms with Crippen LogP contribution in [0.1, 0.15) is 36.8 Å². The fraction of sp³-hybridized carbons (Fsp3) is 0.667. The Balaban J connectivity index is 1.98. The van der Waals surface area contributed by atoms with Crippen molar-refractivity contribution in [3.05, 3.63) is 35.1 Å². The highest BCUT2D eigenvalue weighted by Gasteiger charge is 2.25. The minimum absolute atomic E-state index is 0.117. The second kappa shape index (κ2) is 8.50. The Morgan fingerprint density at radius 2 is 2.10 bits per heavy atom. The summed E-state index contributed by atoms with van der Waals surface area (Å²) < 4.78 is 18.6. The number of rotatable bonds is 8. The van der Waals surface area contributed by atoms with Crippen LogP contribution < -0.4 is 5.32 Å². The van der Waals surface area contributed by atoms with Crippen LogP contribution in [0.4, 0.5) is 4.39 Å². The molecular weight excluding hydrogens is 265 g/mol. The lowest BCUT2D eigenvalue weighted by molar-refractivity contribution is 0.195. The van der Waals surface area contributed by atoms with E-state index in [1.165, 1.54) is 36.8 Å². The minimum atomic E-state index is -0.117. The van der Waals surface area contributed by atoms with Gasteiger partial charge in [0.15, 0.2) is 0 Å². The van der Waals surface area contributed by atoms with Crippen LogP contribution in [0.3, 0.4) is 0 Å². The number of methoxy groups -OCH3 is 1. The molecule has 0 saturated heterocycles. The van der Waals surface area contributed by atoms with Gasteiger partial charge in [0.1, 0.15) is 5.82 Å². The van der Waals surface area contributed by atoms with E-state index in [9.17, 15) is 4.39 Å². The molecule has 2 nitrogen and oxygen atoms in total. The number of ether oxygens (including phenoxy) is 1. The molecule has 0 amide bonds. The largest absolute Gasteiger partial charge is 0.383 e. The molecule has 1 atom stereocenters. The summed E-state index contributed by atoms with van der Waals surface area (Å²) >= 11 is 0. The molecule has 1 aliphatic rings. The molecule has 1 aliphatic carbocycles. The van der Waals surface area contributed by atoms with Gasteiger partial charge >= 0.3 is 0 Å². The van der Waals surface area contributed by atoms with Crippen molar-refractivity contribution in [2.75, 3.05) is 26.8 Å². The summed E-state index contributed by atoms with van der Waals surface area (Å²) in [5.74, 6) is 1.26. The van der Waals surface area contributed by atoms with Gasteiger partial charge in [-0.15, -0.1) is 0 Å². The number of hydrogen-bond donors (Lipinski definition) is 1. The second-order valence-corrected chi connectivity index (χ2v) is 6.28. The third-order valence-corrected chi connectivity index (χ3v) is 4.75. The van der Waals surface area contributed by atoms with Crippen molar-refractivity contribution in [2.24, 2.45) is 11.8 Å². The summed E-state index contributed by atoms with van der Waals surface area (Å²) in [7, 11) is 1.73. The summed E-state index contributed by atoms with van der Waals surface area (Å²) in [4.78, 5) is 0. The van der Waals surface area contributed by atoms with Crippen LogP contribution in [0.2, 0.25) is 0 Å². The van der Waals surface area contributed by atoms with Crippen molar-refractivity contribution in [2.45, 2.75) is 39.0 Å². The van der Waals surface area contributed by atoms with Crippen LogP contribution in [0.25, 0.3) is 0 Å². The van der Waals surface area contributed by atoms with Crippen molar-refractivity contribution in [3.63, 3.8) is 0 Å². The molecule has 1 aromatic carbocycles. The smallest absolute Gasteiger partial charge is 0.123 e. The molecule has 1 saturated carbocycles. The van der Waals surface area contributed by atoms with Crippen LogP contribution in [0, 0.1) is 24.6 Å². The van der Waals surface area contributed by atoms with E-state index in [0.717, 1.165) is 32.0 Å². The van der Waals surface area contributed by atoms with Gasteiger partial charge in [-0.2, -0.15) is 0 Å². The lowest BCUT2D eigenvalue weighted by Gasteiger charge is -2.25. The molecule has 0 aromatic heterocycles. The maximum atomic E-state index is 13.5. The maximum absolute atomic E-state index is 13.5. The monoisotopic (exact) mass is 293 g/mol. The highest BCUT2D eigenvalue weighted by atomic mass is 19.1. The molecule has 0 radical (unpaired) electrons. The lowest BCUT2D eigenvalue weighted by atomic mass is 9.84. The molecule has 1 fully saturated rings. The van der Waals surface area contributed by atoms with Gasteiger partial charge in [-0.3, -0.25) is 0 Å². The Labute approximate surface area is 128 Å². The Morgan fingerprint density at radius 3 is 2.81 bits per heavy atom. The summed E-state index contributed by atoms with van der Waals surface area (Å²) in [5.41, 5.74) is 2.37. The molecule has 1 N–H and O–H groups in total. The molecule has 2 rings (SSSR count). The van der Waals surface area contributed by atoms with E-state index in [1.54, 1.807) is 19.2 Å². The lowest BCUT2D eigenvalue weighted by Crippen LogP contribution is -2.31. The van der Waals surface area contributed by atoms with Gasteiger partial charge in [-0.25, -0.2) is 4.39 Å². The molecule has 0 heterocycles. The number of halogens is 1. The van der Waals surface area contributed by atoms with E-state index in [0.29, 0.717) is 5.92 Å². The highest BCUT2D eigenvalue weighted by molar-refractivity contribution is 5.27. The topological polar surface area (TPSA) is 21.3 Å². The van der Waals surface area contributed by atoms with Gasteiger partial charge in [-0.1, -0.05) is 31.7 Å². The normalized spacial score (nSPS) is 17.3. The van der Waals surface area contributed by atoms with Crippen LogP contribution in [-0.4, -0.2) is 26.8 Å². The van der Waals surface area contributed by atoms with Crippen molar-refractivity contribution in [1.82, 2.24) is 5.32 Å². The predicted octanol–water partition coefficient (Wildman–Crippen LogP) is 3.72. The Hall–Kier alpha value is -0.930. The Bertz CT molecular complexity index is 429. The summed E-state index contributed by atoms with van der Waals surface area (Å²) in [6.07, 6.45) is 6.33. The van der Waals surface area contributed by atoms with Gasteiger partial charge in [-0.05, 0) is 55.0 Å². The molecule has 1 aromatic rings. The Morgan fingerprint density at radius 1 is 1.33 bits per heavy atom. The standard InChI is InChI=1S/C18H28FNO/c1-14-7-8-18(19)12-16(14)11-17(13-20-9-10-21-2)15-5-3-4-6-15/h7-8,12,15,17,20H,3-6,9-11,13H2,1-2H3. The predicted molar refractivity (Wildman–Crippen MR) is 85.0 cm³/mol. The van der Waals surface area contributed by atoms with Gasteiger partial charge < -0.3 is 10.1 Å². The molecule has 21 heavy (non-hydrogen) atoms. The first-order valence-corrected chi connectivity index (χ1v) is 8.15. The highest BCUT2D eigenvalue weighted by Crippen LogP contribution is 2.33. The van der Waals surface area contributed by atoms with E-state index < -0.39 is 0 Å². The van der Waals surface area contributed by atoms with Gasteiger partial charge in [0.25, 0.3) is 0 Å². The Kier molecular flexibility index (Phi) is 6.65. The fourth-order valence-electron chi connectivity index (χ4n) is 3.44. The summed E-state index contributed by atoms with van der Waals surface area (Å²) in [6, 6.07) is 5.17. The average Bonchev–Trinajstić information content (AvgIpc) is 3.00. The third-order valence-electron chi connectivity index (χ3n) is 4.75. The van der Waals surface area contributed by atoms with Gasteiger partial charge in [0, 0.05) is 13.7 Å². The summed E-state index contributed by atoms with van der Waals surface area (Å²) in [6.45, 7) is 4.72. The first-order chi connectivity index (χ1) is 10.2. The second-order valence-electron chi connectivity index (χ2n) is 6.28. The van der Waals surface area contributed by atoms with E-state index in [4.69, 9.17) is 4.74 Å². The van der Waals surface area contributed by atoms with Crippen LogP contribution in [0.15, 0.2) is 18.2 Å². The van der Waals surface area contributed by atoms with Gasteiger partial charge in [0.2, 0.25) is 0 Å². The van der Waals surface area contributed by atoms with Crippen LogP contribution >= 0.6 is 0 Å². The first kappa shape index (κ1) is 16.4. The molecule has 0 spiro atoms. The third kappa shape index (κ3) is 5.08. The van der Waals surface area contributed by atoms with Crippen molar-refractivity contribution in [1.29, 1.82) is 0 Å². The minimum Gasteiger partial charge on any atom is -0.383 e. The SMILES string of the molecule is COCCNCC(Cc1cc(F)ccc1C)C1CCCC1. The number of hydrogen-bond acceptors (Lipinski definition) is 2. The number of benzene rings is 1. The van der Waals surface area contributed by atoms with E-state index in [1.807, 2.05) is 6.07 Å². The molecular formula is C18H28FNO. The zero-order valence-electron chi connectivity index (χ0n) is 13.3. The van der Waals surface area contributed by atoms with Gasteiger partial charge in [0.05, 0.1) is 6.61 Å².